The standard InChI is InChI=1S/C19H16ClN3O4S/c1-11(24)21-12-7-8-15-16(9-12)28-19(23(15)10-17(25)27-2)22-18(26)13-5-3-4-6-14(13)20/h3-9H,10H2,1-2H3,(H,21,24). The van der Waals surface area contributed by atoms with E-state index in [1.54, 1.807) is 47.0 Å². The molecule has 0 unspecified atom stereocenters. The van der Waals surface area contributed by atoms with Crippen molar-refractivity contribution in [2.75, 3.05) is 12.4 Å². The summed E-state index contributed by atoms with van der Waals surface area (Å²) in [6.07, 6.45) is 0. The molecule has 3 rings (SSSR count). The van der Waals surface area contributed by atoms with Gasteiger partial charge in [-0.2, -0.15) is 4.99 Å². The molecule has 2 amide bonds. The highest BCUT2D eigenvalue weighted by atomic mass is 35.5. The van der Waals surface area contributed by atoms with Crippen LogP contribution in [0.2, 0.25) is 5.02 Å². The summed E-state index contributed by atoms with van der Waals surface area (Å²) in [6.45, 7) is 1.31. The summed E-state index contributed by atoms with van der Waals surface area (Å²) in [7, 11) is 1.29. The van der Waals surface area contributed by atoms with Gasteiger partial charge in [0, 0.05) is 12.6 Å². The van der Waals surface area contributed by atoms with E-state index < -0.39 is 11.9 Å². The molecular weight excluding hydrogens is 402 g/mol. The fourth-order valence-corrected chi connectivity index (χ4v) is 3.85. The molecule has 0 saturated carbocycles. The van der Waals surface area contributed by atoms with Gasteiger partial charge in [0.2, 0.25) is 5.91 Å². The van der Waals surface area contributed by atoms with Gasteiger partial charge in [-0.3, -0.25) is 14.4 Å². The molecule has 9 heteroatoms. The smallest absolute Gasteiger partial charge is 0.325 e. The van der Waals surface area contributed by atoms with E-state index >= 15 is 0 Å². The van der Waals surface area contributed by atoms with E-state index in [1.807, 2.05) is 0 Å². The lowest BCUT2D eigenvalue weighted by molar-refractivity contribution is -0.141. The number of rotatable bonds is 4. The molecule has 0 spiro atoms. The maximum atomic E-state index is 12.6. The number of carbonyl (C=O) groups excluding carboxylic acids is 3. The number of aromatic nitrogens is 1. The van der Waals surface area contributed by atoms with Crippen LogP contribution in [0, 0.1) is 0 Å². The highest BCUT2D eigenvalue weighted by Gasteiger charge is 2.14. The first-order chi connectivity index (χ1) is 13.4. The largest absolute Gasteiger partial charge is 0.468 e. The van der Waals surface area contributed by atoms with Crippen molar-refractivity contribution < 1.29 is 19.1 Å². The van der Waals surface area contributed by atoms with Crippen LogP contribution in [0.5, 0.6) is 0 Å². The third-order valence-corrected chi connectivity index (χ3v) is 5.19. The Morgan fingerprint density at radius 1 is 1.21 bits per heavy atom. The second-order valence-electron chi connectivity index (χ2n) is 5.81. The van der Waals surface area contributed by atoms with E-state index in [2.05, 4.69) is 10.3 Å². The van der Waals surface area contributed by atoms with Crippen molar-refractivity contribution in [1.82, 2.24) is 4.57 Å². The second-order valence-corrected chi connectivity index (χ2v) is 7.22. The summed E-state index contributed by atoms with van der Waals surface area (Å²) in [5.41, 5.74) is 1.57. The first-order valence-electron chi connectivity index (χ1n) is 8.20. The molecule has 3 aromatic rings. The van der Waals surface area contributed by atoms with Gasteiger partial charge < -0.3 is 14.6 Å². The van der Waals surface area contributed by atoms with Gasteiger partial charge in [-0.05, 0) is 30.3 Å². The van der Waals surface area contributed by atoms with Crippen molar-refractivity contribution in [3.05, 3.63) is 57.9 Å². The first-order valence-corrected chi connectivity index (χ1v) is 9.40. The van der Waals surface area contributed by atoms with Crippen LogP contribution in [0.15, 0.2) is 47.5 Å². The van der Waals surface area contributed by atoms with Crippen molar-refractivity contribution in [2.45, 2.75) is 13.5 Å². The molecule has 0 radical (unpaired) electrons. The molecule has 28 heavy (non-hydrogen) atoms. The maximum absolute atomic E-state index is 12.6. The normalized spacial score (nSPS) is 11.5. The lowest BCUT2D eigenvalue weighted by Crippen LogP contribution is -2.22. The zero-order chi connectivity index (χ0) is 20.3. The molecule has 0 atom stereocenters. The van der Waals surface area contributed by atoms with Crippen molar-refractivity contribution in [3.8, 4) is 0 Å². The van der Waals surface area contributed by atoms with Gasteiger partial charge in [-0.25, -0.2) is 0 Å². The van der Waals surface area contributed by atoms with Crippen LogP contribution >= 0.6 is 22.9 Å². The Kier molecular flexibility index (Phi) is 5.91. The van der Waals surface area contributed by atoms with E-state index in [-0.39, 0.29) is 18.0 Å². The van der Waals surface area contributed by atoms with Crippen LogP contribution < -0.4 is 10.1 Å². The second kappa shape index (κ2) is 8.37. The van der Waals surface area contributed by atoms with Crippen LogP contribution in [0.3, 0.4) is 0 Å². The number of hydrogen-bond acceptors (Lipinski definition) is 5. The third-order valence-electron chi connectivity index (χ3n) is 3.82. The Labute approximate surface area is 169 Å². The van der Waals surface area contributed by atoms with Crippen LogP contribution in [0.25, 0.3) is 10.2 Å². The molecule has 0 aliphatic carbocycles. The SMILES string of the molecule is COC(=O)Cn1c(=NC(=O)c2ccccc2Cl)sc2cc(NC(C)=O)ccc21. The molecule has 0 fully saturated rings. The number of nitrogens with zero attached hydrogens (tertiary/aromatic N) is 2. The molecule has 1 heterocycles. The number of nitrogens with one attached hydrogen (secondary N) is 1. The van der Waals surface area contributed by atoms with Gasteiger partial charge in [-0.15, -0.1) is 0 Å². The zero-order valence-electron chi connectivity index (χ0n) is 15.1. The predicted octanol–water partition coefficient (Wildman–Crippen LogP) is 3.23. The van der Waals surface area contributed by atoms with Gasteiger partial charge in [0.05, 0.1) is 27.9 Å². The lowest BCUT2D eigenvalue weighted by Gasteiger charge is -2.05. The molecule has 0 aliphatic rings. The van der Waals surface area contributed by atoms with E-state index in [9.17, 15) is 14.4 Å². The number of benzene rings is 2. The molecule has 7 nitrogen and oxygen atoms in total. The summed E-state index contributed by atoms with van der Waals surface area (Å²) in [5, 5.41) is 3.00. The molecule has 0 aliphatic heterocycles. The summed E-state index contributed by atoms with van der Waals surface area (Å²) in [6, 6.07) is 11.8. The third kappa shape index (κ3) is 4.29. The van der Waals surface area contributed by atoms with E-state index in [0.717, 1.165) is 4.70 Å². The summed E-state index contributed by atoms with van der Waals surface area (Å²) in [5.74, 6) is -1.19. The minimum Gasteiger partial charge on any atom is -0.468 e. The fraction of sp³-hybridized carbons (Fsp3) is 0.158. The molecule has 0 saturated heterocycles. The minimum absolute atomic E-state index is 0.107. The summed E-state index contributed by atoms with van der Waals surface area (Å²) in [4.78, 5) is 40.2. The van der Waals surface area contributed by atoms with E-state index in [1.165, 1.54) is 25.4 Å². The Balaban J connectivity index is 2.14. The number of methoxy groups -OCH3 is 1. The average Bonchev–Trinajstić information content (AvgIpc) is 2.97. The molecule has 0 bridgehead atoms. The van der Waals surface area contributed by atoms with Crippen molar-refractivity contribution in [3.63, 3.8) is 0 Å². The molecule has 144 valence electrons. The first kappa shape index (κ1) is 19.8. The van der Waals surface area contributed by atoms with E-state index in [0.29, 0.717) is 21.0 Å². The summed E-state index contributed by atoms with van der Waals surface area (Å²) >= 11 is 7.30. The quantitative estimate of drug-likeness (QED) is 0.660. The number of carbonyl (C=O) groups is 3. The Bertz CT molecular complexity index is 1150. The van der Waals surface area contributed by atoms with Gasteiger partial charge in [-0.1, -0.05) is 35.1 Å². The van der Waals surface area contributed by atoms with Crippen LogP contribution in [-0.2, 0) is 20.9 Å². The van der Waals surface area contributed by atoms with E-state index in [4.69, 9.17) is 16.3 Å². The monoisotopic (exact) mass is 417 g/mol. The van der Waals surface area contributed by atoms with Crippen LogP contribution in [0.4, 0.5) is 5.69 Å². The Morgan fingerprint density at radius 3 is 2.64 bits per heavy atom. The number of fused-ring (bicyclic) bond motifs is 1. The zero-order valence-corrected chi connectivity index (χ0v) is 16.6. The predicted molar refractivity (Wildman–Crippen MR) is 107 cm³/mol. The number of hydrogen-bond donors (Lipinski definition) is 1. The molecular formula is C19H16ClN3O4S. The number of thiazole rings is 1. The topological polar surface area (TPSA) is 89.8 Å². The van der Waals surface area contributed by atoms with Gasteiger partial charge in [0.1, 0.15) is 6.54 Å². The van der Waals surface area contributed by atoms with Crippen molar-refractivity contribution in [1.29, 1.82) is 0 Å². The molecule has 1 N–H and O–H groups in total. The minimum atomic E-state index is -0.516. The lowest BCUT2D eigenvalue weighted by atomic mass is 10.2. The highest BCUT2D eigenvalue weighted by Crippen LogP contribution is 2.23. The van der Waals surface area contributed by atoms with Crippen LogP contribution in [-0.4, -0.2) is 29.5 Å². The number of esters is 1. The molecule has 1 aromatic heterocycles. The fourth-order valence-electron chi connectivity index (χ4n) is 2.57. The van der Waals surface area contributed by atoms with Crippen molar-refractivity contribution in [2.24, 2.45) is 4.99 Å². The van der Waals surface area contributed by atoms with Gasteiger partial charge in [0.15, 0.2) is 4.80 Å². The highest BCUT2D eigenvalue weighted by molar-refractivity contribution is 7.16. The Hall–Kier alpha value is -2.97. The van der Waals surface area contributed by atoms with Crippen LogP contribution in [0.1, 0.15) is 17.3 Å². The number of halogens is 1. The number of anilines is 1. The molecule has 2 aromatic carbocycles. The number of ether oxygens (including phenoxy) is 1. The maximum Gasteiger partial charge on any atom is 0.325 e. The van der Waals surface area contributed by atoms with Gasteiger partial charge in [0.25, 0.3) is 5.91 Å². The number of amides is 2. The van der Waals surface area contributed by atoms with Gasteiger partial charge >= 0.3 is 5.97 Å². The average molecular weight is 418 g/mol. The van der Waals surface area contributed by atoms with Crippen molar-refractivity contribution >= 4 is 56.6 Å². The Morgan fingerprint density at radius 2 is 1.96 bits per heavy atom. The summed E-state index contributed by atoms with van der Waals surface area (Å²) < 4.78 is 7.10.